The Hall–Kier alpha value is -0.0100. The zero-order valence-corrected chi connectivity index (χ0v) is 13.4. The van der Waals surface area contributed by atoms with Crippen molar-refractivity contribution in [1.29, 1.82) is 0 Å². The van der Waals surface area contributed by atoms with Crippen molar-refractivity contribution in [2.24, 2.45) is 0 Å². The summed E-state index contributed by atoms with van der Waals surface area (Å²) in [7, 11) is -2.72. The molecule has 2 aliphatic heterocycles. The van der Waals surface area contributed by atoms with E-state index in [-0.39, 0.29) is 24.0 Å². The Morgan fingerprint density at radius 1 is 1.00 bits per heavy atom. The van der Waals surface area contributed by atoms with E-state index >= 15 is 0 Å². The molecular formula is C10H18N2O4PS2+. The Labute approximate surface area is 121 Å². The summed E-state index contributed by atoms with van der Waals surface area (Å²) in [5.74, 6) is 1.06. The molecule has 9 heteroatoms. The highest BCUT2D eigenvalue weighted by atomic mass is 32.2. The third-order valence-corrected chi connectivity index (χ3v) is 6.34. The predicted octanol–water partition coefficient (Wildman–Crippen LogP) is 1.20. The number of carbonyl (C=O) groups excluding carboxylic acids is 2. The van der Waals surface area contributed by atoms with Crippen molar-refractivity contribution in [1.82, 2.24) is 10.2 Å². The van der Waals surface area contributed by atoms with E-state index in [2.05, 4.69) is 10.2 Å². The van der Waals surface area contributed by atoms with Crippen LogP contribution in [-0.2, 0) is 18.6 Å². The molecule has 2 N–H and O–H groups in total. The molecule has 0 aliphatic carbocycles. The van der Waals surface area contributed by atoms with Gasteiger partial charge in [-0.3, -0.25) is 0 Å². The first kappa shape index (κ1) is 15.4. The van der Waals surface area contributed by atoms with Crippen LogP contribution in [0.1, 0.15) is 12.8 Å². The zero-order valence-electron chi connectivity index (χ0n) is 10.9. The van der Waals surface area contributed by atoms with Crippen LogP contribution in [0.15, 0.2) is 0 Å². The summed E-state index contributed by atoms with van der Waals surface area (Å²) in [6.45, 7) is 0. The van der Waals surface area contributed by atoms with Gasteiger partial charge in [0.2, 0.25) is 0 Å². The van der Waals surface area contributed by atoms with Crippen molar-refractivity contribution in [2.75, 3.05) is 24.0 Å². The fourth-order valence-electron chi connectivity index (χ4n) is 1.89. The summed E-state index contributed by atoms with van der Waals surface area (Å²) in [5.41, 5.74) is 0. The molecule has 2 rings (SSSR count). The molecule has 1 spiro atoms. The van der Waals surface area contributed by atoms with E-state index in [1.54, 1.807) is 23.5 Å². The van der Waals surface area contributed by atoms with Gasteiger partial charge in [0.15, 0.2) is 12.1 Å². The standard InChI is InChI=1S/C10H18N2O4PS2/c1-18-5-3-7-9(13)15-17(11-7)12-8(4-6-19-2)10(14)16-17/h7-8,11-12H,3-6H2,1-2H3/q+1. The number of thioether (sulfide) groups is 2. The lowest BCUT2D eigenvalue weighted by Gasteiger charge is -2.08. The van der Waals surface area contributed by atoms with E-state index in [9.17, 15) is 9.59 Å². The second-order valence-electron chi connectivity index (χ2n) is 4.30. The average molecular weight is 325 g/mol. The molecule has 0 bridgehead atoms. The molecule has 0 radical (unpaired) electrons. The molecule has 2 unspecified atom stereocenters. The van der Waals surface area contributed by atoms with E-state index in [0.29, 0.717) is 12.8 Å². The zero-order chi connectivity index (χ0) is 13.9. The second-order valence-corrected chi connectivity index (χ2v) is 8.25. The van der Waals surface area contributed by atoms with Crippen LogP contribution in [0, 0.1) is 0 Å². The van der Waals surface area contributed by atoms with Crippen molar-refractivity contribution >= 4 is 43.5 Å². The van der Waals surface area contributed by atoms with Crippen LogP contribution < -0.4 is 10.2 Å². The molecule has 0 saturated carbocycles. The largest absolute Gasteiger partial charge is 0.528 e. The Kier molecular flexibility index (Phi) is 5.37. The molecule has 2 aliphatic rings. The summed E-state index contributed by atoms with van der Waals surface area (Å²) in [6, 6.07) is -0.749. The van der Waals surface area contributed by atoms with E-state index in [0.717, 1.165) is 11.5 Å². The van der Waals surface area contributed by atoms with Crippen molar-refractivity contribution in [3.05, 3.63) is 0 Å². The molecule has 0 aromatic heterocycles. The van der Waals surface area contributed by atoms with Gasteiger partial charge in [-0.05, 0) is 36.9 Å². The van der Waals surface area contributed by atoms with Gasteiger partial charge >= 0.3 is 20.0 Å². The lowest BCUT2D eigenvalue weighted by molar-refractivity contribution is -0.135. The van der Waals surface area contributed by atoms with Gasteiger partial charge in [0, 0.05) is 0 Å². The van der Waals surface area contributed by atoms with E-state index in [1.807, 2.05) is 12.5 Å². The maximum absolute atomic E-state index is 11.8. The second kappa shape index (κ2) is 6.63. The quantitative estimate of drug-likeness (QED) is 0.706. The number of hydrogen-bond acceptors (Lipinski definition) is 8. The van der Waals surface area contributed by atoms with Gasteiger partial charge < -0.3 is 0 Å². The van der Waals surface area contributed by atoms with Crippen LogP contribution >= 0.6 is 31.5 Å². The Balaban J connectivity index is 1.94. The third-order valence-electron chi connectivity index (χ3n) is 2.88. The topological polar surface area (TPSA) is 76.7 Å². The molecule has 2 heterocycles. The van der Waals surface area contributed by atoms with Gasteiger partial charge in [-0.1, -0.05) is 10.2 Å². The first-order chi connectivity index (χ1) is 9.10. The van der Waals surface area contributed by atoms with E-state index in [1.165, 1.54) is 0 Å². The number of carbonyl (C=O) groups is 2. The van der Waals surface area contributed by atoms with Crippen LogP contribution in [0.5, 0.6) is 0 Å². The molecule has 0 aromatic carbocycles. The van der Waals surface area contributed by atoms with Gasteiger partial charge in [-0.2, -0.15) is 23.5 Å². The normalized spacial score (nSPS) is 33.8. The molecule has 19 heavy (non-hydrogen) atoms. The molecule has 0 aromatic rings. The summed E-state index contributed by atoms with van der Waals surface area (Å²) in [6.07, 6.45) is 5.32. The van der Waals surface area contributed by atoms with Crippen LogP contribution in [-0.4, -0.2) is 48.0 Å². The van der Waals surface area contributed by atoms with E-state index < -0.39 is 8.02 Å². The predicted molar refractivity (Wildman–Crippen MR) is 78.9 cm³/mol. The van der Waals surface area contributed by atoms with Gasteiger partial charge in [0.25, 0.3) is 0 Å². The van der Waals surface area contributed by atoms with Crippen molar-refractivity contribution in [2.45, 2.75) is 24.9 Å². The monoisotopic (exact) mass is 325 g/mol. The Morgan fingerprint density at radius 2 is 1.42 bits per heavy atom. The molecule has 2 fully saturated rings. The van der Waals surface area contributed by atoms with Gasteiger partial charge in [-0.15, -0.1) is 0 Å². The van der Waals surface area contributed by atoms with Crippen molar-refractivity contribution < 1.29 is 18.6 Å². The fourth-order valence-corrected chi connectivity index (χ4v) is 5.21. The summed E-state index contributed by atoms with van der Waals surface area (Å²) in [5, 5.41) is 6.11. The maximum atomic E-state index is 11.8. The number of rotatable bonds is 6. The van der Waals surface area contributed by atoms with Gasteiger partial charge in [-0.25, -0.2) is 18.6 Å². The minimum absolute atomic E-state index is 0.326. The minimum Gasteiger partial charge on any atom is -0.245 e. The Morgan fingerprint density at radius 3 is 1.79 bits per heavy atom. The highest BCUT2D eigenvalue weighted by molar-refractivity contribution is 7.98. The smallest absolute Gasteiger partial charge is 0.245 e. The lowest BCUT2D eigenvalue weighted by atomic mass is 10.2. The highest BCUT2D eigenvalue weighted by Gasteiger charge is 2.66. The fraction of sp³-hybridized carbons (Fsp3) is 0.800. The summed E-state index contributed by atoms with van der Waals surface area (Å²) in [4.78, 5) is 23.5. The van der Waals surface area contributed by atoms with Gasteiger partial charge in [0.05, 0.1) is 0 Å². The molecular weight excluding hydrogens is 307 g/mol. The summed E-state index contributed by atoms with van der Waals surface area (Å²) >= 11 is 3.33. The van der Waals surface area contributed by atoms with Crippen LogP contribution in [0.3, 0.4) is 0 Å². The third kappa shape index (κ3) is 3.55. The first-order valence-electron chi connectivity index (χ1n) is 5.99. The van der Waals surface area contributed by atoms with Crippen LogP contribution in [0.4, 0.5) is 0 Å². The maximum Gasteiger partial charge on any atom is 0.528 e. The number of hydrogen-bond donors (Lipinski definition) is 2. The highest BCUT2D eigenvalue weighted by Crippen LogP contribution is 2.61. The van der Waals surface area contributed by atoms with Crippen molar-refractivity contribution in [3.63, 3.8) is 0 Å². The molecule has 108 valence electrons. The van der Waals surface area contributed by atoms with Crippen LogP contribution in [0.25, 0.3) is 0 Å². The van der Waals surface area contributed by atoms with E-state index in [4.69, 9.17) is 9.05 Å². The average Bonchev–Trinajstić information content (AvgIpc) is 2.84. The SMILES string of the molecule is CSCCC1N[P+]2(NC(CCSC)C(=O)O2)OC1=O. The molecule has 2 saturated heterocycles. The van der Waals surface area contributed by atoms with Crippen molar-refractivity contribution in [3.8, 4) is 0 Å². The van der Waals surface area contributed by atoms with Crippen LogP contribution in [0.2, 0.25) is 0 Å². The molecule has 0 amide bonds. The van der Waals surface area contributed by atoms with Gasteiger partial charge in [0.1, 0.15) is 0 Å². The summed E-state index contributed by atoms with van der Waals surface area (Å²) < 4.78 is 10.6. The Bertz CT molecular complexity index is 337. The molecule has 2 atom stereocenters. The minimum atomic E-state index is -2.72. The first-order valence-corrected chi connectivity index (χ1v) is 10.4. The molecule has 6 nitrogen and oxygen atoms in total. The number of nitrogens with one attached hydrogen (secondary N) is 2. The lowest BCUT2D eigenvalue weighted by Crippen LogP contribution is -2.32.